The molecule has 0 aliphatic rings. The standard InChI is InChI=1S/C26H34.C4H4S/c1-3-5-7-9-12-21-16-17-23-19-24-15-11-14-22(13-10-8-6-4-2)26(24)20-25(23)18-21;1-2-4-5-3-1/h11,14-20H,3-10,12-13H2,1-2H3;1-4H. The lowest BCUT2D eigenvalue weighted by molar-refractivity contribution is 0.667. The Balaban J connectivity index is 0.000000478. The molecule has 0 radical (unpaired) electrons. The molecule has 164 valence electrons. The fraction of sp³-hybridized carbons (Fsp3) is 0.400. The Morgan fingerprint density at radius 2 is 1.32 bits per heavy atom. The van der Waals surface area contributed by atoms with Crippen molar-refractivity contribution in [2.75, 3.05) is 0 Å². The maximum Gasteiger partial charge on any atom is -0.00934 e. The van der Waals surface area contributed by atoms with E-state index in [0.29, 0.717) is 0 Å². The minimum absolute atomic E-state index is 1.21. The van der Waals surface area contributed by atoms with Gasteiger partial charge in [0.2, 0.25) is 0 Å². The van der Waals surface area contributed by atoms with Crippen LogP contribution in [0.1, 0.15) is 76.3 Å². The molecular formula is C30H38S. The van der Waals surface area contributed by atoms with Gasteiger partial charge >= 0.3 is 0 Å². The van der Waals surface area contributed by atoms with Crippen molar-refractivity contribution in [2.24, 2.45) is 0 Å². The van der Waals surface area contributed by atoms with Crippen LogP contribution in [0.5, 0.6) is 0 Å². The second kappa shape index (κ2) is 13.3. The highest BCUT2D eigenvalue weighted by Gasteiger charge is 2.05. The van der Waals surface area contributed by atoms with Crippen LogP contribution in [0, 0.1) is 0 Å². The number of aryl methyl sites for hydroxylation is 2. The Hall–Kier alpha value is -2.12. The van der Waals surface area contributed by atoms with E-state index in [9.17, 15) is 0 Å². The van der Waals surface area contributed by atoms with Gasteiger partial charge in [0, 0.05) is 0 Å². The summed E-state index contributed by atoms with van der Waals surface area (Å²) in [5.74, 6) is 0. The summed E-state index contributed by atoms with van der Waals surface area (Å²) in [4.78, 5) is 0. The molecule has 1 aromatic heterocycles. The minimum Gasteiger partial charge on any atom is -0.152 e. The molecule has 0 saturated heterocycles. The quantitative estimate of drug-likeness (QED) is 0.173. The van der Waals surface area contributed by atoms with Crippen LogP contribution in [0.25, 0.3) is 21.5 Å². The molecule has 0 saturated carbocycles. The highest BCUT2D eigenvalue weighted by Crippen LogP contribution is 2.28. The smallest absolute Gasteiger partial charge is 0.00934 e. The Kier molecular flexibility index (Phi) is 10.1. The number of fused-ring (bicyclic) bond motifs is 2. The molecule has 0 N–H and O–H groups in total. The molecule has 0 nitrogen and oxygen atoms in total. The Labute approximate surface area is 193 Å². The zero-order valence-corrected chi connectivity index (χ0v) is 20.2. The van der Waals surface area contributed by atoms with Crippen molar-refractivity contribution < 1.29 is 0 Å². The summed E-state index contributed by atoms with van der Waals surface area (Å²) in [6, 6.07) is 22.7. The molecule has 1 heterocycles. The predicted molar refractivity (Wildman–Crippen MR) is 141 cm³/mol. The van der Waals surface area contributed by atoms with E-state index in [1.165, 1.54) is 96.9 Å². The van der Waals surface area contributed by atoms with Gasteiger partial charge in [0.1, 0.15) is 0 Å². The number of hydrogen-bond donors (Lipinski definition) is 0. The van der Waals surface area contributed by atoms with Gasteiger partial charge in [0.15, 0.2) is 0 Å². The average Bonchev–Trinajstić information content (AvgIpc) is 3.39. The summed E-state index contributed by atoms with van der Waals surface area (Å²) < 4.78 is 0. The summed E-state index contributed by atoms with van der Waals surface area (Å²) >= 11 is 1.71. The summed E-state index contributed by atoms with van der Waals surface area (Å²) in [7, 11) is 0. The number of rotatable bonds is 10. The highest BCUT2D eigenvalue weighted by molar-refractivity contribution is 7.07. The van der Waals surface area contributed by atoms with Crippen LogP contribution in [-0.4, -0.2) is 0 Å². The van der Waals surface area contributed by atoms with Crippen LogP contribution in [0.4, 0.5) is 0 Å². The van der Waals surface area contributed by atoms with Gasteiger partial charge in [0.25, 0.3) is 0 Å². The number of thiophene rings is 1. The normalized spacial score (nSPS) is 10.9. The van der Waals surface area contributed by atoms with Crippen molar-refractivity contribution in [2.45, 2.75) is 78.1 Å². The molecule has 3 aromatic carbocycles. The molecule has 0 aliphatic heterocycles. The number of hydrogen-bond acceptors (Lipinski definition) is 1. The first-order chi connectivity index (χ1) is 15.3. The first-order valence-electron chi connectivity index (χ1n) is 12.2. The van der Waals surface area contributed by atoms with Gasteiger partial charge in [-0.25, -0.2) is 0 Å². The average molecular weight is 431 g/mol. The fourth-order valence-electron chi connectivity index (χ4n) is 4.24. The van der Waals surface area contributed by atoms with Crippen molar-refractivity contribution in [1.29, 1.82) is 0 Å². The first kappa shape index (κ1) is 23.5. The van der Waals surface area contributed by atoms with Crippen LogP contribution < -0.4 is 0 Å². The second-order valence-electron chi connectivity index (χ2n) is 8.59. The molecule has 0 bridgehead atoms. The number of unbranched alkanes of at least 4 members (excludes halogenated alkanes) is 6. The van der Waals surface area contributed by atoms with Gasteiger partial charge < -0.3 is 0 Å². The Morgan fingerprint density at radius 1 is 0.581 bits per heavy atom. The zero-order valence-electron chi connectivity index (χ0n) is 19.4. The van der Waals surface area contributed by atoms with Crippen LogP contribution in [0.15, 0.2) is 71.4 Å². The van der Waals surface area contributed by atoms with Gasteiger partial charge in [-0.1, -0.05) is 101 Å². The molecule has 0 aliphatic carbocycles. The third-order valence-electron chi connectivity index (χ3n) is 6.04. The molecule has 0 spiro atoms. The molecule has 0 fully saturated rings. The number of benzene rings is 3. The van der Waals surface area contributed by atoms with E-state index in [1.807, 2.05) is 22.9 Å². The first-order valence-corrected chi connectivity index (χ1v) is 13.2. The molecule has 4 aromatic rings. The Morgan fingerprint density at radius 3 is 2.00 bits per heavy atom. The fourth-order valence-corrected chi connectivity index (χ4v) is 4.69. The van der Waals surface area contributed by atoms with E-state index in [1.54, 1.807) is 11.3 Å². The summed E-state index contributed by atoms with van der Waals surface area (Å²) in [5, 5.41) is 9.71. The lowest BCUT2D eigenvalue weighted by atomic mass is 9.95. The molecule has 0 amide bonds. The van der Waals surface area contributed by atoms with Gasteiger partial charge in [-0.05, 0) is 81.2 Å². The molecule has 31 heavy (non-hydrogen) atoms. The summed E-state index contributed by atoms with van der Waals surface area (Å²) in [6.07, 6.45) is 13.1. The lowest BCUT2D eigenvalue weighted by Crippen LogP contribution is -1.90. The predicted octanol–water partition coefficient (Wildman–Crippen LogP) is 9.99. The molecule has 0 unspecified atom stereocenters. The van der Waals surface area contributed by atoms with Crippen LogP contribution in [0.2, 0.25) is 0 Å². The van der Waals surface area contributed by atoms with Crippen LogP contribution in [0.3, 0.4) is 0 Å². The molecule has 1 heteroatoms. The zero-order chi connectivity index (χ0) is 21.7. The topological polar surface area (TPSA) is 0 Å². The van der Waals surface area contributed by atoms with Crippen molar-refractivity contribution >= 4 is 32.9 Å². The third-order valence-corrected chi connectivity index (χ3v) is 6.66. The lowest BCUT2D eigenvalue weighted by Gasteiger charge is -2.10. The van der Waals surface area contributed by atoms with Gasteiger partial charge in [0.05, 0.1) is 0 Å². The van der Waals surface area contributed by atoms with E-state index in [4.69, 9.17) is 0 Å². The molecule has 4 rings (SSSR count). The summed E-state index contributed by atoms with van der Waals surface area (Å²) in [6.45, 7) is 4.56. The van der Waals surface area contributed by atoms with Gasteiger partial charge in [-0.15, -0.1) is 0 Å². The van der Waals surface area contributed by atoms with E-state index in [2.05, 4.69) is 62.4 Å². The van der Waals surface area contributed by atoms with Crippen molar-refractivity contribution in [1.82, 2.24) is 0 Å². The Bertz CT molecular complexity index is 996. The highest BCUT2D eigenvalue weighted by atomic mass is 32.1. The van der Waals surface area contributed by atoms with Crippen LogP contribution >= 0.6 is 11.3 Å². The second-order valence-corrected chi connectivity index (χ2v) is 9.40. The van der Waals surface area contributed by atoms with E-state index >= 15 is 0 Å². The van der Waals surface area contributed by atoms with Crippen molar-refractivity contribution in [3.63, 3.8) is 0 Å². The largest absolute Gasteiger partial charge is 0.152 e. The molecular weight excluding hydrogens is 392 g/mol. The van der Waals surface area contributed by atoms with E-state index in [0.717, 1.165) is 0 Å². The maximum absolute atomic E-state index is 2.44. The van der Waals surface area contributed by atoms with Crippen LogP contribution in [-0.2, 0) is 12.8 Å². The third kappa shape index (κ3) is 7.51. The van der Waals surface area contributed by atoms with E-state index in [-0.39, 0.29) is 0 Å². The minimum atomic E-state index is 1.21. The van der Waals surface area contributed by atoms with E-state index < -0.39 is 0 Å². The monoisotopic (exact) mass is 430 g/mol. The SMILES string of the molecule is CCCCCCc1ccc2cc3cccc(CCCCCC)c3cc2c1.c1ccsc1. The van der Waals surface area contributed by atoms with Crippen molar-refractivity contribution in [3.05, 3.63) is 82.6 Å². The van der Waals surface area contributed by atoms with Gasteiger partial charge in [-0.3, -0.25) is 0 Å². The molecule has 0 atom stereocenters. The van der Waals surface area contributed by atoms with Gasteiger partial charge in [-0.2, -0.15) is 11.3 Å². The van der Waals surface area contributed by atoms with Crippen molar-refractivity contribution in [3.8, 4) is 0 Å². The summed E-state index contributed by atoms with van der Waals surface area (Å²) in [5.41, 5.74) is 3.02. The maximum atomic E-state index is 2.44.